The normalized spacial score (nSPS) is 14.8. The third-order valence-electron chi connectivity index (χ3n) is 6.63. The van der Waals surface area contributed by atoms with Gasteiger partial charge in [-0.25, -0.2) is 0 Å². The van der Waals surface area contributed by atoms with Gasteiger partial charge >= 0.3 is 0 Å². The van der Waals surface area contributed by atoms with E-state index in [4.69, 9.17) is 25.5 Å². The zero-order chi connectivity index (χ0) is 26.1. The topological polar surface area (TPSA) is 69.0 Å². The Labute approximate surface area is 220 Å². The van der Waals surface area contributed by atoms with Gasteiger partial charge in [0.1, 0.15) is 17.1 Å². The minimum atomic E-state index is -0.715. The van der Waals surface area contributed by atoms with Crippen molar-refractivity contribution in [1.29, 1.82) is 0 Å². The Bertz CT molecular complexity index is 1540. The number of benzene rings is 3. The highest BCUT2D eigenvalue weighted by Crippen LogP contribution is 2.43. The highest BCUT2D eigenvalue weighted by molar-refractivity contribution is 6.32. The number of carbonyl (C=O) groups excluding carboxylic acids is 1. The first kappa shape index (κ1) is 24.9. The summed E-state index contributed by atoms with van der Waals surface area (Å²) in [5.74, 6) is 0.801. The third kappa shape index (κ3) is 4.58. The van der Waals surface area contributed by atoms with Crippen molar-refractivity contribution in [1.82, 2.24) is 0 Å². The molecule has 0 bridgehead atoms. The van der Waals surface area contributed by atoms with Crippen molar-refractivity contribution in [2.24, 2.45) is 0 Å². The van der Waals surface area contributed by atoms with Crippen molar-refractivity contribution >= 4 is 34.2 Å². The molecular formula is C30H28ClNO5. The maximum Gasteiger partial charge on any atom is 0.295 e. The third-order valence-corrected chi connectivity index (χ3v) is 6.93. The Kier molecular flexibility index (Phi) is 6.94. The minimum absolute atomic E-state index is 0.0348. The molecule has 3 aromatic carbocycles. The maximum atomic E-state index is 13.9. The van der Waals surface area contributed by atoms with E-state index in [1.54, 1.807) is 35.2 Å². The second-order valence-electron chi connectivity index (χ2n) is 9.20. The van der Waals surface area contributed by atoms with E-state index >= 15 is 0 Å². The molecule has 1 aliphatic rings. The van der Waals surface area contributed by atoms with Crippen molar-refractivity contribution in [3.8, 4) is 11.5 Å². The van der Waals surface area contributed by atoms with Gasteiger partial charge in [0, 0.05) is 5.69 Å². The Hall–Kier alpha value is -3.77. The Morgan fingerprint density at radius 1 is 1.03 bits per heavy atom. The van der Waals surface area contributed by atoms with E-state index < -0.39 is 11.9 Å². The number of aryl methyl sites for hydroxylation is 1. The van der Waals surface area contributed by atoms with Crippen LogP contribution in [-0.2, 0) is 0 Å². The second kappa shape index (κ2) is 10.3. The first-order valence-electron chi connectivity index (χ1n) is 12.4. The van der Waals surface area contributed by atoms with E-state index in [9.17, 15) is 9.59 Å². The summed E-state index contributed by atoms with van der Waals surface area (Å²) in [4.78, 5) is 29.2. The number of ether oxygens (including phenoxy) is 2. The molecule has 2 heterocycles. The fourth-order valence-corrected chi connectivity index (χ4v) is 5.04. The van der Waals surface area contributed by atoms with Crippen LogP contribution in [0, 0.1) is 6.92 Å². The van der Waals surface area contributed by atoms with Crippen LogP contribution in [0.2, 0.25) is 5.02 Å². The number of hydrogen-bond donors (Lipinski definition) is 0. The molecule has 4 aromatic rings. The largest absolute Gasteiger partial charge is 0.495 e. The fraction of sp³-hybridized carbons (Fsp3) is 0.267. The molecule has 0 aliphatic carbocycles. The van der Waals surface area contributed by atoms with E-state index in [-0.39, 0.29) is 11.2 Å². The molecule has 1 atom stereocenters. The molecule has 0 saturated heterocycles. The first-order chi connectivity index (χ1) is 17.9. The molecule has 0 N–H and O–H groups in total. The van der Waals surface area contributed by atoms with Crippen molar-refractivity contribution in [2.45, 2.75) is 39.2 Å². The van der Waals surface area contributed by atoms with Crippen LogP contribution in [0.5, 0.6) is 11.5 Å². The molecule has 1 unspecified atom stereocenters. The van der Waals surface area contributed by atoms with E-state index in [2.05, 4.69) is 6.92 Å². The molecule has 7 heteroatoms. The Morgan fingerprint density at radius 3 is 2.62 bits per heavy atom. The summed E-state index contributed by atoms with van der Waals surface area (Å²) in [6.07, 6.45) is 3.15. The summed E-state index contributed by atoms with van der Waals surface area (Å²) in [5.41, 5.74) is 2.66. The maximum absolute atomic E-state index is 13.9. The van der Waals surface area contributed by atoms with Crippen molar-refractivity contribution in [3.63, 3.8) is 0 Å². The summed E-state index contributed by atoms with van der Waals surface area (Å²) < 4.78 is 17.4. The number of halogens is 1. The van der Waals surface area contributed by atoms with E-state index in [1.807, 2.05) is 37.3 Å². The predicted octanol–water partition coefficient (Wildman–Crippen LogP) is 7.08. The number of hydrogen-bond acceptors (Lipinski definition) is 5. The molecule has 1 aromatic heterocycles. The van der Waals surface area contributed by atoms with Gasteiger partial charge in [-0.05, 0) is 61.4 Å². The monoisotopic (exact) mass is 517 g/mol. The molecule has 6 nitrogen and oxygen atoms in total. The van der Waals surface area contributed by atoms with Crippen LogP contribution in [0.25, 0.3) is 11.0 Å². The van der Waals surface area contributed by atoms with Crippen molar-refractivity contribution in [3.05, 3.63) is 98.4 Å². The van der Waals surface area contributed by atoms with Crippen molar-refractivity contribution < 1.29 is 18.7 Å². The average molecular weight is 518 g/mol. The fourth-order valence-electron chi connectivity index (χ4n) is 4.79. The van der Waals surface area contributed by atoms with Gasteiger partial charge in [0.15, 0.2) is 5.43 Å². The van der Waals surface area contributed by atoms with Crippen LogP contribution in [0.15, 0.2) is 69.9 Å². The van der Waals surface area contributed by atoms with Crippen LogP contribution >= 0.6 is 11.6 Å². The Balaban J connectivity index is 1.68. The van der Waals surface area contributed by atoms with Gasteiger partial charge in [-0.3, -0.25) is 14.5 Å². The van der Waals surface area contributed by atoms with Crippen LogP contribution in [0.1, 0.15) is 59.5 Å². The second-order valence-corrected chi connectivity index (χ2v) is 9.61. The molecule has 5 rings (SSSR count). The zero-order valence-electron chi connectivity index (χ0n) is 21.0. The predicted molar refractivity (Wildman–Crippen MR) is 145 cm³/mol. The molecule has 190 valence electrons. The van der Waals surface area contributed by atoms with Gasteiger partial charge in [-0.2, -0.15) is 0 Å². The SMILES string of the molecule is CCCCCOc1cccc(C2c3c(oc4ccc(C)cc4c3=O)C(=O)N2c2ccc(OC)c(Cl)c2)c1. The van der Waals surface area contributed by atoms with Crippen LogP contribution in [0.4, 0.5) is 5.69 Å². The number of amides is 1. The quantitative estimate of drug-likeness (QED) is 0.233. The number of carbonyl (C=O) groups is 1. The smallest absolute Gasteiger partial charge is 0.295 e. The summed E-state index contributed by atoms with van der Waals surface area (Å²) in [6.45, 7) is 4.66. The number of rotatable bonds is 8. The Morgan fingerprint density at radius 2 is 1.86 bits per heavy atom. The van der Waals surface area contributed by atoms with Gasteiger partial charge in [-0.15, -0.1) is 0 Å². The summed E-state index contributed by atoms with van der Waals surface area (Å²) in [6, 6.07) is 17.3. The number of methoxy groups -OCH3 is 1. The van der Waals surface area contributed by atoms with Crippen molar-refractivity contribution in [2.75, 3.05) is 18.6 Å². The number of fused-ring (bicyclic) bond motifs is 2. The molecular weight excluding hydrogens is 490 g/mol. The van der Waals surface area contributed by atoms with Gasteiger partial charge in [0.2, 0.25) is 5.76 Å². The van der Waals surface area contributed by atoms with E-state index in [1.165, 1.54) is 7.11 Å². The van der Waals surface area contributed by atoms with Gasteiger partial charge in [0.25, 0.3) is 5.91 Å². The molecule has 0 saturated carbocycles. The summed E-state index contributed by atoms with van der Waals surface area (Å²) in [7, 11) is 1.53. The van der Waals surface area contributed by atoms with Gasteiger partial charge in [0.05, 0.1) is 35.7 Å². The lowest BCUT2D eigenvalue weighted by molar-refractivity contribution is 0.0971. The summed E-state index contributed by atoms with van der Waals surface area (Å²) in [5, 5.41) is 0.800. The lowest BCUT2D eigenvalue weighted by Gasteiger charge is -2.26. The lowest BCUT2D eigenvalue weighted by Crippen LogP contribution is -2.29. The highest BCUT2D eigenvalue weighted by Gasteiger charge is 2.44. The van der Waals surface area contributed by atoms with Gasteiger partial charge < -0.3 is 13.9 Å². The molecule has 37 heavy (non-hydrogen) atoms. The molecule has 1 amide bonds. The molecule has 0 spiro atoms. The van der Waals surface area contributed by atoms with E-state index in [0.29, 0.717) is 45.3 Å². The summed E-state index contributed by atoms with van der Waals surface area (Å²) >= 11 is 6.43. The van der Waals surface area contributed by atoms with Crippen LogP contribution in [-0.4, -0.2) is 19.6 Å². The van der Waals surface area contributed by atoms with Crippen LogP contribution < -0.4 is 19.8 Å². The molecule has 0 fully saturated rings. The minimum Gasteiger partial charge on any atom is -0.495 e. The highest BCUT2D eigenvalue weighted by atomic mass is 35.5. The standard InChI is InChI=1S/C30H28ClNO5/c1-4-5-6-14-36-21-9-7-8-19(16-21)27-26-28(33)22-15-18(2)10-12-24(22)37-29(26)30(34)32(27)20-11-13-25(35-3)23(31)17-20/h7-13,15-17,27H,4-6,14H2,1-3H3. The van der Waals surface area contributed by atoms with E-state index in [0.717, 1.165) is 30.4 Å². The number of anilines is 1. The molecule has 1 aliphatic heterocycles. The number of unbranched alkanes of at least 4 members (excludes halogenated alkanes) is 2. The zero-order valence-corrected chi connectivity index (χ0v) is 21.8. The molecule has 0 radical (unpaired) electrons. The lowest BCUT2D eigenvalue weighted by atomic mass is 9.97. The first-order valence-corrected chi connectivity index (χ1v) is 12.8. The van der Waals surface area contributed by atoms with Gasteiger partial charge in [-0.1, -0.05) is 55.1 Å². The average Bonchev–Trinajstić information content (AvgIpc) is 3.19. The van der Waals surface area contributed by atoms with Crippen LogP contribution in [0.3, 0.4) is 0 Å². The number of nitrogens with zero attached hydrogens (tertiary/aromatic N) is 1.